The van der Waals surface area contributed by atoms with Crippen LogP contribution in [0.1, 0.15) is 0 Å². The fourth-order valence-electron chi connectivity index (χ4n) is 2.10. The molecule has 3 unspecified atom stereocenters. The van der Waals surface area contributed by atoms with Crippen molar-refractivity contribution in [2.75, 3.05) is 20.0 Å². The minimum Gasteiger partial charge on any atom is -0.375 e. The monoisotopic (exact) mass is 256 g/mol. The third-order valence-electron chi connectivity index (χ3n) is 3.23. The predicted molar refractivity (Wildman–Crippen MR) is 68.4 cm³/mol. The minimum absolute atomic E-state index is 0.113. The molecule has 0 saturated carbocycles. The van der Waals surface area contributed by atoms with E-state index in [2.05, 4.69) is 25.1 Å². The molecule has 18 heavy (non-hydrogen) atoms. The Labute approximate surface area is 107 Å². The van der Waals surface area contributed by atoms with Crippen molar-refractivity contribution in [3.63, 3.8) is 0 Å². The van der Waals surface area contributed by atoms with Crippen LogP contribution in [0.2, 0.25) is 0 Å². The fourth-order valence-corrected chi connectivity index (χ4v) is 2.10. The highest BCUT2D eigenvalue weighted by Gasteiger charge is 2.44. The van der Waals surface area contributed by atoms with Crippen molar-refractivity contribution >= 4 is 0 Å². The second kappa shape index (κ2) is 6.24. The van der Waals surface area contributed by atoms with E-state index in [1.54, 1.807) is 4.90 Å². The molecule has 1 fully saturated rings. The Kier molecular flexibility index (Phi) is 5.21. The van der Waals surface area contributed by atoms with Gasteiger partial charge in [-0.3, -0.25) is 5.32 Å². The van der Waals surface area contributed by atoms with Gasteiger partial charge < -0.3 is 15.3 Å². The molecule has 0 aromatic rings. The van der Waals surface area contributed by atoms with Crippen LogP contribution in [0.25, 0.3) is 0 Å². The van der Waals surface area contributed by atoms with Crippen LogP contribution in [0.4, 0.5) is 0 Å². The van der Waals surface area contributed by atoms with Crippen LogP contribution < -0.4 is 5.32 Å². The van der Waals surface area contributed by atoms with Crippen LogP contribution in [0.3, 0.4) is 0 Å². The molecule has 6 heteroatoms. The summed E-state index contributed by atoms with van der Waals surface area (Å²) >= 11 is 0. The Morgan fingerprint density at radius 1 is 1.06 bits per heavy atom. The molecule has 1 aliphatic heterocycles. The van der Waals surface area contributed by atoms with Gasteiger partial charge >= 0.3 is 0 Å². The second-order valence-electron chi connectivity index (χ2n) is 4.35. The molecular weight excluding hydrogens is 234 g/mol. The van der Waals surface area contributed by atoms with Gasteiger partial charge in [-0.25, -0.2) is 9.38 Å². The van der Waals surface area contributed by atoms with Crippen LogP contribution in [0.5, 0.6) is 0 Å². The summed E-state index contributed by atoms with van der Waals surface area (Å²) in [7, 11) is 0. The molecule has 0 aromatic heterocycles. The number of hydrogen-bond donors (Lipinski definition) is 4. The summed E-state index contributed by atoms with van der Waals surface area (Å²) in [6.45, 7) is 11.7. The van der Waals surface area contributed by atoms with Crippen LogP contribution in [-0.2, 0) is 0 Å². The maximum Gasteiger partial charge on any atom is 0.214 e. The summed E-state index contributed by atoms with van der Waals surface area (Å²) in [5, 5.41) is 33.0. The van der Waals surface area contributed by atoms with E-state index in [0.29, 0.717) is 13.3 Å². The third kappa shape index (κ3) is 2.69. The molecule has 0 amide bonds. The van der Waals surface area contributed by atoms with Crippen molar-refractivity contribution in [3.05, 3.63) is 38.0 Å². The van der Waals surface area contributed by atoms with E-state index in [9.17, 15) is 15.3 Å². The molecule has 1 rings (SSSR count). The number of aliphatic hydroxyl groups excluding tert-OH is 3. The summed E-state index contributed by atoms with van der Waals surface area (Å²) in [6, 6.07) is 0. The van der Waals surface area contributed by atoms with Gasteiger partial charge in [-0.05, 0) is 18.2 Å². The number of aliphatic hydroxyl groups is 3. The largest absolute Gasteiger partial charge is 0.375 e. The van der Waals surface area contributed by atoms with E-state index in [-0.39, 0.29) is 11.2 Å². The summed E-state index contributed by atoms with van der Waals surface area (Å²) < 4.78 is -0.113. The summed E-state index contributed by atoms with van der Waals surface area (Å²) in [6.07, 6.45) is 1.33. The first-order chi connectivity index (χ1) is 8.51. The van der Waals surface area contributed by atoms with Gasteiger partial charge in [0.15, 0.2) is 0 Å². The Bertz CT molecular complexity index is 308. The van der Waals surface area contributed by atoms with Gasteiger partial charge in [-0.1, -0.05) is 19.7 Å². The number of quaternary nitrogens is 1. The van der Waals surface area contributed by atoms with Gasteiger partial charge in [0.05, 0.1) is 6.67 Å². The maximum absolute atomic E-state index is 10.1. The number of nitrogens with one attached hydrogen (secondary N) is 1. The minimum atomic E-state index is -0.967. The van der Waals surface area contributed by atoms with Crippen LogP contribution >= 0.6 is 0 Å². The summed E-state index contributed by atoms with van der Waals surface area (Å²) in [5.41, 5.74) is 0. The molecule has 1 saturated heterocycles. The van der Waals surface area contributed by atoms with Crippen molar-refractivity contribution in [1.29, 1.82) is 0 Å². The quantitative estimate of drug-likeness (QED) is 0.366. The SMILES string of the molecule is C=CC(O)N1CNC[N+](C(O)C=C)(C(O)C=C)C1. The summed E-state index contributed by atoms with van der Waals surface area (Å²) in [5.74, 6) is 0. The zero-order valence-electron chi connectivity index (χ0n) is 10.4. The molecule has 102 valence electrons. The number of nitrogens with zero attached hydrogens (tertiary/aromatic N) is 2. The van der Waals surface area contributed by atoms with Crippen LogP contribution in [0, 0.1) is 0 Å². The highest BCUT2D eigenvalue weighted by atomic mass is 16.3. The van der Waals surface area contributed by atoms with Crippen molar-refractivity contribution in [1.82, 2.24) is 10.2 Å². The highest BCUT2D eigenvalue weighted by Crippen LogP contribution is 2.22. The Hall–Kier alpha value is -1.02. The lowest BCUT2D eigenvalue weighted by Gasteiger charge is -2.49. The molecule has 0 spiro atoms. The topological polar surface area (TPSA) is 76.0 Å². The molecule has 0 aliphatic carbocycles. The first-order valence-electron chi connectivity index (χ1n) is 5.75. The Morgan fingerprint density at radius 2 is 1.61 bits per heavy atom. The molecule has 0 radical (unpaired) electrons. The van der Waals surface area contributed by atoms with Crippen molar-refractivity contribution in [2.45, 2.75) is 18.7 Å². The van der Waals surface area contributed by atoms with Crippen molar-refractivity contribution in [3.8, 4) is 0 Å². The van der Waals surface area contributed by atoms with E-state index in [4.69, 9.17) is 0 Å². The van der Waals surface area contributed by atoms with E-state index < -0.39 is 18.7 Å². The zero-order chi connectivity index (χ0) is 13.8. The van der Waals surface area contributed by atoms with E-state index in [0.717, 1.165) is 0 Å². The first kappa shape index (κ1) is 15.0. The standard InChI is InChI=1S/C12H22N3O3/c1-4-10(16)14-7-13-8-15(9-14,11(17)5-2)12(18)6-3/h4-6,10-13,16-18H,1-3,7-9H2/q+1. The van der Waals surface area contributed by atoms with Gasteiger partial charge in [0.1, 0.15) is 19.6 Å². The van der Waals surface area contributed by atoms with E-state index >= 15 is 0 Å². The van der Waals surface area contributed by atoms with Gasteiger partial charge in [0.2, 0.25) is 12.5 Å². The van der Waals surface area contributed by atoms with Crippen molar-refractivity contribution < 1.29 is 19.8 Å². The van der Waals surface area contributed by atoms with Gasteiger partial charge in [-0.2, -0.15) is 0 Å². The molecule has 0 aromatic carbocycles. The average molecular weight is 256 g/mol. The second-order valence-corrected chi connectivity index (χ2v) is 4.35. The Morgan fingerprint density at radius 3 is 2.06 bits per heavy atom. The number of rotatable bonds is 6. The molecule has 1 heterocycles. The smallest absolute Gasteiger partial charge is 0.214 e. The van der Waals surface area contributed by atoms with Gasteiger partial charge in [0, 0.05) is 0 Å². The average Bonchev–Trinajstić information content (AvgIpc) is 2.44. The zero-order valence-corrected chi connectivity index (χ0v) is 10.4. The first-order valence-corrected chi connectivity index (χ1v) is 5.75. The predicted octanol–water partition coefficient (Wildman–Crippen LogP) is -0.906. The lowest BCUT2D eigenvalue weighted by molar-refractivity contribution is -1.01. The van der Waals surface area contributed by atoms with E-state index in [1.165, 1.54) is 18.2 Å². The maximum atomic E-state index is 10.1. The highest BCUT2D eigenvalue weighted by molar-refractivity contribution is 4.83. The third-order valence-corrected chi connectivity index (χ3v) is 3.23. The molecule has 0 bridgehead atoms. The molecule has 4 N–H and O–H groups in total. The lowest BCUT2D eigenvalue weighted by atomic mass is 10.2. The molecule has 1 aliphatic rings. The summed E-state index contributed by atoms with van der Waals surface area (Å²) in [4.78, 5) is 1.65. The number of hydrogen-bond acceptors (Lipinski definition) is 5. The lowest BCUT2D eigenvalue weighted by Crippen LogP contribution is -2.72. The Balaban J connectivity index is 2.99. The van der Waals surface area contributed by atoms with Gasteiger partial charge in [0.25, 0.3) is 0 Å². The van der Waals surface area contributed by atoms with Crippen LogP contribution in [-0.4, -0.2) is 63.4 Å². The normalized spacial score (nSPS) is 30.2. The van der Waals surface area contributed by atoms with Crippen molar-refractivity contribution in [2.24, 2.45) is 0 Å². The molecule has 3 atom stereocenters. The fraction of sp³-hybridized carbons (Fsp3) is 0.500. The molecule has 6 nitrogen and oxygen atoms in total. The molecular formula is C12H22N3O3+. The van der Waals surface area contributed by atoms with Gasteiger partial charge in [-0.15, -0.1) is 0 Å². The van der Waals surface area contributed by atoms with E-state index in [1.807, 2.05) is 0 Å². The van der Waals surface area contributed by atoms with Crippen LogP contribution in [0.15, 0.2) is 38.0 Å².